The Hall–Kier alpha value is -5.13. The summed E-state index contributed by atoms with van der Waals surface area (Å²) in [7, 11) is -4.54. The van der Waals surface area contributed by atoms with E-state index in [1.807, 2.05) is 6.26 Å². The first-order valence-electron chi connectivity index (χ1n) is 12.6. The molecule has 0 fully saturated rings. The number of para-hydroxylation sites is 1. The van der Waals surface area contributed by atoms with Crippen molar-refractivity contribution in [2.24, 2.45) is 0 Å². The van der Waals surface area contributed by atoms with Gasteiger partial charge in [0.15, 0.2) is 10.9 Å². The van der Waals surface area contributed by atoms with Crippen molar-refractivity contribution >= 4 is 45.0 Å². The highest BCUT2D eigenvalue weighted by molar-refractivity contribution is 7.98. The minimum atomic E-state index is -4.54. The SMILES string of the molecule is CSCC#CC(NC(=O)c1ccc(N(Cc2cnc[nH]2)S(=O)(=O)c2ccccc2[N+](=O)[O-])cc1-c1ccccc1)C(=O)O. The zero-order chi connectivity index (χ0) is 31.0. The van der Waals surface area contributed by atoms with Crippen molar-refractivity contribution in [1.29, 1.82) is 0 Å². The Morgan fingerprint density at radius 1 is 1.14 bits per heavy atom. The predicted molar refractivity (Wildman–Crippen MR) is 162 cm³/mol. The fraction of sp³-hybridized carbons (Fsp3) is 0.138. The number of carboxylic acid groups (broad SMARTS) is 1. The Bertz CT molecular complexity index is 1800. The predicted octanol–water partition coefficient (Wildman–Crippen LogP) is 3.93. The molecular weight excluding hydrogens is 594 g/mol. The van der Waals surface area contributed by atoms with Crippen LogP contribution < -0.4 is 9.62 Å². The Kier molecular flexibility index (Phi) is 9.81. The van der Waals surface area contributed by atoms with E-state index in [1.54, 1.807) is 30.3 Å². The summed E-state index contributed by atoms with van der Waals surface area (Å²) in [4.78, 5) is 42.4. The number of nitrogens with one attached hydrogen (secondary N) is 2. The Balaban J connectivity index is 1.86. The van der Waals surface area contributed by atoms with Crippen molar-refractivity contribution in [2.75, 3.05) is 16.3 Å². The lowest BCUT2D eigenvalue weighted by atomic mass is 9.98. The van der Waals surface area contributed by atoms with Crippen molar-refractivity contribution in [3.63, 3.8) is 0 Å². The maximum Gasteiger partial charge on any atom is 0.338 e. The molecule has 0 aliphatic rings. The first-order chi connectivity index (χ1) is 20.6. The van der Waals surface area contributed by atoms with Crippen LogP contribution in [-0.4, -0.2) is 58.3 Å². The molecule has 220 valence electrons. The van der Waals surface area contributed by atoms with Gasteiger partial charge in [0.25, 0.3) is 21.6 Å². The highest BCUT2D eigenvalue weighted by Gasteiger charge is 2.33. The molecular formula is C29H25N5O7S2. The topological polar surface area (TPSA) is 176 Å². The standard InChI is InChI=1S/C29H25N5O7S2/c1-42-15-7-10-25(29(36)37)32-28(35)23-14-13-22(16-24(23)20-8-3-2-4-9-20)33(18-21-17-30-19-31-21)43(40,41)27-12-6-5-11-26(27)34(38)39/h2-6,8-9,11-14,16-17,19,25H,15,18H2,1H3,(H,30,31)(H,32,35)(H,36,37). The molecule has 0 radical (unpaired) electrons. The number of carboxylic acids is 1. The van der Waals surface area contributed by atoms with E-state index in [1.165, 1.54) is 54.6 Å². The van der Waals surface area contributed by atoms with Gasteiger partial charge in [0.1, 0.15) is 0 Å². The third kappa shape index (κ3) is 7.21. The number of aromatic nitrogens is 2. The number of hydrogen-bond donors (Lipinski definition) is 3. The van der Waals surface area contributed by atoms with Crippen LogP contribution >= 0.6 is 11.8 Å². The van der Waals surface area contributed by atoms with E-state index in [2.05, 4.69) is 27.1 Å². The lowest BCUT2D eigenvalue weighted by molar-refractivity contribution is -0.387. The molecule has 12 nitrogen and oxygen atoms in total. The molecule has 4 rings (SSSR count). The zero-order valence-electron chi connectivity index (χ0n) is 22.6. The summed E-state index contributed by atoms with van der Waals surface area (Å²) in [5.41, 5.74) is 0.802. The number of aliphatic carboxylic acids is 1. The maximum atomic E-state index is 14.0. The number of hydrogen-bond acceptors (Lipinski definition) is 8. The molecule has 0 saturated heterocycles. The smallest absolute Gasteiger partial charge is 0.338 e. The maximum absolute atomic E-state index is 14.0. The van der Waals surface area contributed by atoms with Gasteiger partial charge in [-0.15, -0.1) is 0 Å². The summed E-state index contributed by atoms with van der Waals surface area (Å²) in [5.74, 6) is 3.54. The van der Waals surface area contributed by atoms with E-state index >= 15 is 0 Å². The van der Waals surface area contributed by atoms with Crippen molar-refractivity contribution in [2.45, 2.75) is 17.5 Å². The summed E-state index contributed by atoms with van der Waals surface area (Å²) >= 11 is 1.40. The number of nitrogens with zero attached hydrogens (tertiary/aromatic N) is 3. The molecule has 3 N–H and O–H groups in total. The van der Waals surface area contributed by atoms with Crippen LogP contribution in [0.25, 0.3) is 11.1 Å². The average molecular weight is 620 g/mol. The normalized spacial score (nSPS) is 11.6. The van der Waals surface area contributed by atoms with Crippen LogP contribution in [-0.2, 0) is 21.4 Å². The molecule has 1 unspecified atom stereocenters. The molecule has 43 heavy (non-hydrogen) atoms. The molecule has 1 aromatic heterocycles. The van der Waals surface area contributed by atoms with Crippen LogP contribution in [0.3, 0.4) is 0 Å². The van der Waals surface area contributed by atoms with Gasteiger partial charge < -0.3 is 15.4 Å². The summed E-state index contributed by atoms with van der Waals surface area (Å²) in [6.07, 6.45) is 4.60. The number of carbonyl (C=O) groups excluding carboxylic acids is 1. The number of nitro benzene ring substituents is 1. The van der Waals surface area contributed by atoms with E-state index in [4.69, 9.17) is 0 Å². The lowest BCUT2D eigenvalue weighted by Gasteiger charge is -2.25. The number of aromatic amines is 1. The Morgan fingerprint density at radius 3 is 2.51 bits per heavy atom. The molecule has 0 bridgehead atoms. The minimum Gasteiger partial charge on any atom is -0.479 e. The number of imidazole rings is 1. The molecule has 1 heterocycles. The number of carbonyl (C=O) groups is 2. The summed E-state index contributed by atoms with van der Waals surface area (Å²) in [6, 6.07) is 16.4. The molecule has 4 aromatic rings. The molecule has 0 aliphatic carbocycles. The third-order valence-electron chi connectivity index (χ3n) is 6.10. The van der Waals surface area contributed by atoms with Gasteiger partial charge in [0.2, 0.25) is 0 Å². The largest absolute Gasteiger partial charge is 0.479 e. The van der Waals surface area contributed by atoms with Crippen molar-refractivity contribution in [1.82, 2.24) is 15.3 Å². The first kappa shape index (κ1) is 30.8. The second-order valence-corrected chi connectivity index (χ2v) is 11.6. The van der Waals surface area contributed by atoms with Gasteiger partial charge in [-0.05, 0) is 41.6 Å². The Morgan fingerprint density at radius 2 is 1.86 bits per heavy atom. The van der Waals surface area contributed by atoms with E-state index in [0.717, 1.165) is 16.4 Å². The van der Waals surface area contributed by atoms with E-state index in [-0.39, 0.29) is 17.8 Å². The van der Waals surface area contributed by atoms with Gasteiger partial charge in [-0.3, -0.25) is 19.2 Å². The minimum absolute atomic E-state index is 0.0671. The van der Waals surface area contributed by atoms with Crippen LogP contribution in [0.5, 0.6) is 0 Å². The van der Waals surface area contributed by atoms with E-state index in [9.17, 15) is 33.2 Å². The monoisotopic (exact) mass is 619 g/mol. The molecule has 0 spiro atoms. The number of rotatable bonds is 11. The summed E-state index contributed by atoms with van der Waals surface area (Å²) in [6.45, 7) is -0.264. The molecule has 1 amide bonds. The summed E-state index contributed by atoms with van der Waals surface area (Å²) in [5, 5.41) is 23.8. The fourth-order valence-corrected chi connectivity index (χ4v) is 5.93. The highest BCUT2D eigenvalue weighted by atomic mass is 32.2. The number of benzene rings is 3. The number of anilines is 1. The second kappa shape index (κ2) is 13.7. The molecule has 3 aromatic carbocycles. The van der Waals surface area contributed by atoms with Gasteiger partial charge in [-0.2, -0.15) is 11.8 Å². The third-order valence-corrected chi connectivity index (χ3v) is 8.36. The number of nitro groups is 1. The van der Waals surface area contributed by atoms with Gasteiger partial charge in [-0.1, -0.05) is 54.3 Å². The fourth-order valence-electron chi connectivity index (χ4n) is 4.11. The number of sulfonamides is 1. The van der Waals surface area contributed by atoms with Gasteiger partial charge >= 0.3 is 5.97 Å². The van der Waals surface area contributed by atoms with Crippen LogP contribution in [0.2, 0.25) is 0 Å². The van der Waals surface area contributed by atoms with E-state index < -0.39 is 43.4 Å². The molecule has 0 saturated carbocycles. The zero-order valence-corrected chi connectivity index (χ0v) is 24.3. The van der Waals surface area contributed by atoms with Crippen LogP contribution in [0.4, 0.5) is 11.4 Å². The molecule has 1 atom stereocenters. The number of thioether (sulfide) groups is 1. The van der Waals surface area contributed by atoms with E-state index in [0.29, 0.717) is 22.6 Å². The first-order valence-corrected chi connectivity index (χ1v) is 15.4. The molecule has 0 aliphatic heterocycles. The lowest BCUT2D eigenvalue weighted by Crippen LogP contribution is -2.40. The highest BCUT2D eigenvalue weighted by Crippen LogP contribution is 2.34. The molecule has 14 heteroatoms. The van der Waals surface area contributed by atoms with Crippen LogP contribution in [0, 0.1) is 22.0 Å². The van der Waals surface area contributed by atoms with Crippen molar-refractivity contribution in [3.8, 4) is 23.0 Å². The quantitative estimate of drug-likeness (QED) is 0.128. The summed E-state index contributed by atoms with van der Waals surface area (Å²) < 4.78 is 29.0. The van der Waals surface area contributed by atoms with Crippen LogP contribution in [0.1, 0.15) is 16.1 Å². The van der Waals surface area contributed by atoms with Crippen molar-refractivity contribution < 1.29 is 28.0 Å². The average Bonchev–Trinajstić information content (AvgIpc) is 3.53. The van der Waals surface area contributed by atoms with Gasteiger partial charge in [0.05, 0.1) is 34.9 Å². The number of H-pyrrole nitrogens is 1. The Labute approximate surface area is 251 Å². The van der Waals surface area contributed by atoms with Gasteiger partial charge in [0, 0.05) is 17.8 Å². The number of amides is 1. The second-order valence-electron chi connectivity index (χ2n) is 8.91. The van der Waals surface area contributed by atoms with Crippen molar-refractivity contribution in [3.05, 3.63) is 107 Å². The van der Waals surface area contributed by atoms with Crippen LogP contribution in [0.15, 0.2) is 90.2 Å². The van der Waals surface area contributed by atoms with Gasteiger partial charge in [-0.25, -0.2) is 18.2 Å².